The van der Waals surface area contributed by atoms with Gasteiger partial charge in [0.15, 0.2) is 5.78 Å². The topological polar surface area (TPSA) is 39.1 Å². The van der Waals surface area contributed by atoms with E-state index in [2.05, 4.69) is 0 Å². The third kappa shape index (κ3) is 2.69. The van der Waals surface area contributed by atoms with Crippen molar-refractivity contribution in [3.63, 3.8) is 0 Å². The van der Waals surface area contributed by atoms with Gasteiger partial charge in [-0.1, -0.05) is 24.3 Å². The van der Waals surface area contributed by atoms with Crippen LogP contribution < -0.4 is 5.56 Å². The zero-order valence-electron chi connectivity index (χ0n) is 9.59. The second kappa shape index (κ2) is 4.78. The molecule has 17 heavy (non-hydrogen) atoms. The molecule has 0 aliphatic carbocycles. The molecule has 0 aliphatic rings. The molecule has 0 bridgehead atoms. The second-order valence-electron chi connectivity index (χ2n) is 3.92. The van der Waals surface area contributed by atoms with Crippen LogP contribution >= 0.6 is 0 Å². The SMILES string of the molecule is CC(=O)c1cccc(Cn2ccccc2=O)c1. The van der Waals surface area contributed by atoms with E-state index < -0.39 is 0 Å². The van der Waals surface area contributed by atoms with E-state index in [1.165, 1.54) is 13.0 Å². The monoisotopic (exact) mass is 227 g/mol. The van der Waals surface area contributed by atoms with Crippen molar-refractivity contribution >= 4 is 5.78 Å². The number of hydrogen-bond acceptors (Lipinski definition) is 2. The molecule has 2 aromatic rings. The number of aromatic nitrogens is 1. The van der Waals surface area contributed by atoms with E-state index in [9.17, 15) is 9.59 Å². The third-order valence-electron chi connectivity index (χ3n) is 2.59. The van der Waals surface area contributed by atoms with Crippen molar-refractivity contribution < 1.29 is 4.79 Å². The summed E-state index contributed by atoms with van der Waals surface area (Å²) in [7, 11) is 0. The Labute approximate surface area is 99.3 Å². The number of Topliss-reactive ketones (excluding diaryl/α,β-unsaturated/α-hetero) is 1. The molecule has 2 rings (SSSR count). The first-order chi connectivity index (χ1) is 8.16. The van der Waals surface area contributed by atoms with E-state index in [1.54, 1.807) is 22.9 Å². The van der Waals surface area contributed by atoms with Crippen LogP contribution in [0, 0.1) is 0 Å². The van der Waals surface area contributed by atoms with E-state index >= 15 is 0 Å². The Kier molecular flexibility index (Phi) is 3.19. The van der Waals surface area contributed by atoms with Crippen molar-refractivity contribution in [3.8, 4) is 0 Å². The molecular formula is C14H13NO2. The molecule has 0 spiro atoms. The predicted octanol–water partition coefficient (Wildman–Crippen LogP) is 2.10. The quantitative estimate of drug-likeness (QED) is 0.753. The van der Waals surface area contributed by atoms with Crippen LogP contribution in [0.25, 0.3) is 0 Å². The van der Waals surface area contributed by atoms with Gasteiger partial charge in [-0.05, 0) is 24.6 Å². The van der Waals surface area contributed by atoms with Gasteiger partial charge in [0.25, 0.3) is 5.56 Å². The average Bonchev–Trinajstić information content (AvgIpc) is 2.32. The molecule has 0 atom stereocenters. The fraction of sp³-hybridized carbons (Fsp3) is 0.143. The van der Waals surface area contributed by atoms with Gasteiger partial charge >= 0.3 is 0 Å². The van der Waals surface area contributed by atoms with Gasteiger partial charge in [-0.15, -0.1) is 0 Å². The van der Waals surface area contributed by atoms with Crippen molar-refractivity contribution in [1.29, 1.82) is 0 Å². The van der Waals surface area contributed by atoms with Crippen molar-refractivity contribution in [1.82, 2.24) is 4.57 Å². The summed E-state index contributed by atoms with van der Waals surface area (Å²) >= 11 is 0. The predicted molar refractivity (Wildman–Crippen MR) is 66.3 cm³/mol. The molecule has 0 amide bonds. The summed E-state index contributed by atoms with van der Waals surface area (Å²) in [6.07, 6.45) is 1.74. The van der Waals surface area contributed by atoms with Gasteiger partial charge in [0.05, 0.1) is 6.54 Å². The lowest BCUT2D eigenvalue weighted by molar-refractivity contribution is 0.101. The van der Waals surface area contributed by atoms with Crippen molar-refractivity contribution in [3.05, 3.63) is 70.1 Å². The number of hydrogen-bond donors (Lipinski definition) is 0. The van der Waals surface area contributed by atoms with Crippen LogP contribution in [0.2, 0.25) is 0 Å². The highest BCUT2D eigenvalue weighted by molar-refractivity contribution is 5.94. The van der Waals surface area contributed by atoms with Crippen molar-refractivity contribution in [2.24, 2.45) is 0 Å². The molecule has 1 aromatic carbocycles. The van der Waals surface area contributed by atoms with Crippen LogP contribution in [0.5, 0.6) is 0 Å². The van der Waals surface area contributed by atoms with Gasteiger partial charge in [-0.25, -0.2) is 0 Å². The molecule has 0 aliphatic heterocycles. The first kappa shape index (κ1) is 11.3. The summed E-state index contributed by atoms with van der Waals surface area (Å²) in [5.41, 5.74) is 1.58. The smallest absolute Gasteiger partial charge is 0.250 e. The Morgan fingerprint density at radius 2 is 2.00 bits per heavy atom. The number of benzene rings is 1. The Balaban J connectivity index is 2.31. The standard InChI is InChI=1S/C14H13NO2/c1-11(16)13-6-4-5-12(9-13)10-15-8-3-2-7-14(15)17/h2-9H,10H2,1H3. The maximum Gasteiger partial charge on any atom is 0.250 e. The minimum Gasteiger partial charge on any atom is -0.311 e. The molecule has 0 radical (unpaired) electrons. The molecular weight excluding hydrogens is 214 g/mol. The van der Waals surface area contributed by atoms with Crippen LogP contribution in [-0.4, -0.2) is 10.4 Å². The largest absolute Gasteiger partial charge is 0.311 e. The summed E-state index contributed by atoms with van der Waals surface area (Å²) < 4.78 is 1.61. The van der Waals surface area contributed by atoms with Gasteiger partial charge in [-0.3, -0.25) is 9.59 Å². The highest BCUT2D eigenvalue weighted by Gasteiger charge is 2.01. The molecule has 86 valence electrons. The van der Waals surface area contributed by atoms with E-state index in [1.807, 2.05) is 24.3 Å². The number of pyridine rings is 1. The lowest BCUT2D eigenvalue weighted by atomic mass is 10.1. The number of carbonyl (C=O) groups excluding carboxylic acids is 1. The van der Waals surface area contributed by atoms with Gasteiger partial charge in [0, 0.05) is 17.8 Å². The average molecular weight is 227 g/mol. The normalized spacial score (nSPS) is 10.2. The lowest BCUT2D eigenvalue weighted by Crippen LogP contribution is -2.18. The molecule has 1 heterocycles. The van der Waals surface area contributed by atoms with Crippen LogP contribution in [0.4, 0.5) is 0 Å². The molecule has 0 fully saturated rings. The zero-order chi connectivity index (χ0) is 12.3. The summed E-state index contributed by atoms with van der Waals surface area (Å²) in [5.74, 6) is 0.0345. The van der Waals surface area contributed by atoms with E-state index in [-0.39, 0.29) is 11.3 Å². The first-order valence-electron chi connectivity index (χ1n) is 5.42. The third-order valence-corrected chi connectivity index (χ3v) is 2.59. The summed E-state index contributed by atoms with van der Waals surface area (Å²) in [5, 5.41) is 0. The van der Waals surface area contributed by atoms with E-state index in [0.29, 0.717) is 12.1 Å². The minimum absolute atomic E-state index is 0.0345. The minimum atomic E-state index is -0.0410. The van der Waals surface area contributed by atoms with Crippen LogP contribution in [0.1, 0.15) is 22.8 Å². The maximum absolute atomic E-state index is 11.5. The van der Waals surface area contributed by atoms with Crippen LogP contribution in [-0.2, 0) is 6.54 Å². The summed E-state index contributed by atoms with van der Waals surface area (Å²) in [6.45, 7) is 2.02. The van der Waals surface area contributed by atoms with Gasteiger partial charge < -0.3 is 4.57 Å². The second-order valence-corrected chi connectivity index (χ2v) is 3.92. The molecule has 0 saturated carbocycles. The fourth-order valence-corrected chi connectivity index (χ4v) is 1.68. The van der Waals surface area contributed by atoms with Crippen molar-refractivity contribution in [2.75, 3.05) is 0 Å². The number of nitrogens with zero attached hydrogens (tertiary/aromatic N) is 1. The van der Waals surface area contributed by atoms with Gasteiger partial charge in [0.1, 0.15) is 0 Å². The fourth-order valence-electron chi connectivity index (χ4n) is 1.68. The number of carbonyl (C=O) groups is 1. The van der Waals surface area contributed by atoms with Crippen LogP contribution in [0.15, 0.2) is 53.5 Å². The Hall–Kier alpha value is -2.16. The highest BCUT2D eigenvalue weighted by Crippen LogP contribution is 2.07. The molecule has 0 saturated heterocycles. The zero-order valence-corrected chi connectivity index (χ0v) is 9.59. The molecule has 1 aromatic heterocycles. The number of ketones is 1. The Morgan fingerprint density at radius 3 is 2.71 bits per heavy atom. The number of rotatable bonds is 3. The summed E-state index contributed by atoms with van der Waals surface area (Å²) in [4.78, 5) is 22.8. The Morgan fingerprint density at radius 1 is 1.18 bits per heavy atom. The Bertz CT molecular complexity index is 599. The maximum atomic E-state index is 11.5. The lowest BCUT2D eigenvalue weighted by Gasteiger charge is -2.06. The van der Waals surface area contributed by atoms with Crippen LogP contribution in [0.3, 0.4) is 0 Å². The molecule has 3 nitrogen and oxygen atoms in total. The van der Waals surface area contributed by atoms with Gasteiger partial charge in [-0.2, -0.15) is 0 Å². The highest BCUT2D eigenvalue weighted by atomic mass is 16.1. The van der Waals surface area contributed by atoms with Gasteiger partial charge in [0.2, 0.25) is 0 Å². The molecule has 3 heteroatoms. The van der Waals surface area contributed by atoms with E-state index in [4.69, 9.17) is 0 Å². The molecule has 0 N–H and O–H groups in total. The molecule has 0 unspecified atom stereocenters. The summed E-state index contributed by atoms with van der Waals surface area (Å²) in [6, 6.07) is 12.4. The van der Waals surface area contributed by atoms with Crippen molar-refractivity contribution in [2.45, 2.75) is 13.5 Å². The first-order valence-corrected chi connectivity index (χ1v) is 5.42. The van der Waals surface area contributed by atoms with E-state index in [0.717, 1.165) is 5.56 Å².